The third kappa shape index (κ3) is 10.2. The molecule has 1 saturated heterocycles. The van der Waals surface area contributed by atoms with Gasteiger partial charge in [-0.25, -0.2) is 4.57 Å². The first-order valence-electron chi connectivity index (χ1n) is 12.4. The first-order valence-corrected chi connectivity index (χ1v) is 14.6. The molecule has 0 aliphatic carbocycles. The summed E-state index contributed by atoms with van der Waals surface area (Å²) < 4.78 is 42.2. The van der Waals surface area contributed by atoms with Crippen molar-refractivity contribution in [2.75, 3.05) is 32.8 Å². The summed E-state index contributed by atoms with van der Waals surface area (Å²) in [5.74, 6) is 0.717. The largest absolute Gasteiger partial charge is 0.489 e. The van der Waals surface area contributed by atoms with Gasteiger partial charge in [-0.05, 0) is 71.4 Å². The highest BCUT2D eigenvalue weighted by Gasteiger charge is 2.37. The zero-order chi connectivity index (χ0) is 27.3. The smallest absolute Gasteiger partial charge is 0.475 e. The number of nitrogens with zero attached hydrogens (tertiary/aromatic N) is 1. The summed E-state index contributed by atoms with van der Waals surface area (Å²) in [6.07, 6.45) is -0.0933. The van der Waals surface area contributed by atoms with Crippen LogP contribution < -0.4 is 4.74 Å². The number of benzene rings is 2. The quantitative estimate of drug-likeness (QED) is 0.270. The molecule has 0 aromatic heterocycles. The molecule has 0 bridgehead atoms. The molecule has 10 heteroatoms. The van der Waals surface area contributed by atoms with E-state index in [-0.39, 0.29) is 19.3 Å². The Bertz CT molecular complexity index is 1030. The van der Waals surface area contributed by atoms with E-state index in [9.17, 15) is 4.57 Å². The molecule has 0 spiro atoms. The van der Waals surface area contributed by atoms with Crippen LogP contribution in [-0.2, 0) is 29.5 Å². The third-order valence-corrected chi connectivity index (χ3v) is 8.03. The van der Waals surface area contributed by atoms with Gasteiger partial charge >= 0.3 is 7.82 Å². The topological polar surface area (TPSA) is 66.5 Å². The van der Waals surface area contributed by atoms with Crippen molar-refractivity contribution in [3.63, 3.8) is 0 Å². The van der Waals surface area contributed by atoms with Gasteiger partial charge in [0.15, 0.2) is 0 Å². The normalized spacial score (nSPS) is 17.7. The van der Waals surface area contributed by atoms with Gasteiger partial charge in [-0.15, -0.1) is 0 Å². The predicted molar refractivity (Wildman–Crippen MR) is 148 cm³/mol. The van der Waals surface area contributed by atoms with E-state index in [2.05, 4.69) is 4.90 Å². The van der Waals surface area contributed by atoms with E-state index >= 15 is 0 Å². The van der Waals surface area contributed by atoms with E-state index in [0.717, 1.165) is 17.7 Å². The Morgan fingerprint density at radius 2 is 1.57 bits per heavy atom. The first kappa shape index (κ1) is 30.4. The van der Waals surface area contributed by atoms with Gasteiger partial charge in [0, 0.05) is 35.2 Å². The molecule has 2 aromatic carbocycles. The number of ether oxygens (including phenoxy) is 2. The lowest BCUT2D eigenvalue weighted by Crippen LogP contribution is -2.40. The van der Waals surface area contributed by atoms with Crippen molar-refractivity contribution >= 4 is 31.0 Å². The average molecular weight is 574 g/mol. The van der Waals surface area contributed by atoms with Gasteiger partial charge in [-0.3, -0.25) is 18.5 Å². The summed E-state index contributed by atoms with van der Waals surface area (Å²) in [5.41, 5.74) is 0.473. The molecule has 2 aromatic rings. The fraction of sp³-hybridized carbons (Fsp3) is 0.556. The minimum Gasteiger partial charge on any atom is -0.489 e. The SMILES string of the molecule is CC(C)(C)OP(=O)(OCCN1CCOC(c2ccc(OCc3c(Cl)cccc3Cl)cc2)C1)OC(C)(C)C. The predicted octanol–water partition coefficient (Wildman–Crippen LogP) is 7.70. The summed E-state index contributed by atoms with van der Waals surface area (Å²) in [4.78, 5) is 2.22. The maximum absolute atomic E-state index is 13.2. The van der Waals surface area contributed by atoms with Crippen LogP contribution in [0.3, 0.4) is 0 Å². The fourth-order valence-corrected chi connectivity index (χ4v) is 6.03. The molecule has 7 nitrogen and oxygen atoms in total. The van der Waals surface area contributed by atoms with Crippen LogP contribution in [-0.4, -0.2) is 49.0 Å². The number of rotatable bonds is 10. The maximum Gasteiger partial charge on any atom is 0.475 e. The van der Waals surface area contributed by atoms with Crippen LogP contribution in [0.5, 0.6) is 5.75 Å². The van der Waals surface area contributed by atoms with Crippen LogP contribution in [0.4, 0.5) is 0 Å². The molecule has 0 radical (unpaired) electrons. The van der Waals surface area contributed by atoms with Gasteiger partial charge in [-0.2, -0.15) is 0 Å². The number of phosphoric acid groups is 1. The molecule has 3 rings (SSSR count). The van der Waals surface area contributed by atoms with E-state index in [1.54, 1.807) is 18.2 Å². The average Bonchev–Trinajstić information content (AvgIpc) is 2.77. The van der Waals surface area contributed by atoms with Crippen LogP contribution in [0.2, 0.25) is 10.0 Å². The van der Waals surface area contributed by atoms with Crippen LogP contribution in [0.1, 0.15) is 58.8 Å². The number of halogens is 2. The summed E-state index contributed by atoms with van der Waals surface area (Å²) in [6.45, 7) is 14.0. The maximum atomic E-state index is 13.2. The number of phosphoric ester groups is 1. The van der Waals surface area contributed by atoms with E-state index in [1.807, 2.05) is 65.8 Å². The molecule has 1 heterocycles. The molecule has 1 aliphatic heterocycles. The van der Waals surface area contributed by atoms with Crippen molar-refractivity contribution in [2.24, 2.45) is 0 Å². The van der Waals surface area contributed by atoms with E-state index in [4.69, 9.17) is 46.2 Å². The second kappa shape index (κ2) is 12.8. The Labute approximate surface area is 230 Å². The van der Waals surface area contributed by atoms with Gasteiger partial charge in [0.1, 0.15) is 12.4 Å². The lowest BCUT2D eigenvalue weighted by atomic mass is 10.1. The zero-order valence-electron chi connectivity index (χ0n) is 22.5. The van der Waals surface area contributed by atoms with Crippen LogP contribution in [0, 0.1) is 0 Å². The lowest BCUT2D eigenvalue weighted by Gasteiger charge is -2.34. The lowest BCUT2D eigenvalue weighted by molar-refractivity contribution is -0.0379. The molecule has 1 unspecified atom stereocenters. The van der Waals surface area contributed by atoms with Crippen molar-refractivity contribution in [1.82, 2.24) is 4.90 Å². The summed E-state index contributed by atoms with van der Waals surface area (Å²) in [5, 5.41) is 1.16. The molecular weight excluding hydrogens is 536 g/mol. The molecule has 206 valence electrons. The van der Waals surface area contributed by atoms with Crippen molar-refractivity contribution in [3.05, 3.63) is 63.6 Å². The molecule has 0 amide bonds. The molecule has 1 fully saturated rings. The highest BCUT2D eigenvalue weighted by molar-refractivity contribution is 7.48. The Morgan fingerprint density at radius 3 is 2.14 bits per heavy atom. The Hall–Kier alpha value is -1.15. The highest BCUT2D eigenvalue weighted by atomic mass is 35.5. The van der Waals surface area contributed by atoms with Crippen LogP contribution >= 0.6 is 31.0 Å². The van der Waals surface area contributed by atoms with Gasteiger partial charge in [0.25, 0.3) is 0 Å². The molecule has 0 saturated carbocycles. The minimum atomic E-state index is -3.73. The monoisotopic (exact) mass is 573 g/mol. The van der Waals surface area contributed by atoms with Crippen molar-refractivity contribution in [1.29, 1.82) is 0 Å². The second-order valence-corrected chi connectivity index (χ2v) is 13.2. The fourth-order valence-electron chi connectivity index (χ4n) is 3.74. The standard InChI is InChI=1S/C27H38Cl2NO6P/c1-26(2,3)35-37(31,36-27(4,5)6)34-17-15-30-14-16-32-25(18-30)20-10-12-21(13-11-20)33-19-22-23(28)8-7-9-24(22)29/h7-13,25H,14-19H2,1-6H3. The minimum absolute atomic E-state index is 0.0933. The third-order valence-electron chi connectivity index (χ3n) is 5.28. The van der Waals surface area contributed by atoms with Gasteiger partial charge in [-0.1, -0.05) is 41.4 Å². The van der Waals surface area contributed by atoms with Crippen molar-refractivity contribution in [2.45, 2.75) is 65.5 Å². The van der Waals surface area contributed by atoms with E-state index in [1.165, 1.54) is 0 Å². The highest BCUT2D eigenvalue weighted by Crippen LogP contribution is 2.55. The molecule has 1 atom stereocenters. The Kier molecular flexibility index (Phi) is 10.5. The molecule has 37 heavy (non-hydrogen) atoms. The van der Waals surface area contributed by atoms with Gasteiger partial charge in [0.2, 0.25) is 0 Å². The summed E-state index contributed by atoms with van der Waals surface area (Å²) in [6, 6.07) is 13.2. The van der Waals surface area contributed by atoms with Crippen molar-refractivity contribution in [3.8, 4) is 5.75 Å². The molecule has 1 aliphatic rings. The molecular formula is C27H38Cl2NO6P. The first-order chi connectivity index (χ1) is 17.2. The van der Waals surface area contributed by atoms with E-state index < -0.39 is 19.0 Å². The van der Waals surface area contributed by atoms with Crippen LogP contribution in [0.25, 0.3) is 0 Å². The van der Waals surface area contributed by atoms with Crippen molar-refractivity contribution < 1.29 is 27.6 Å². The number of morpholine rings is 1. The van der Waals surface area contributed by atoms with Gasteiger partial charge < -0.3 is 9.47 Å². The second-order valence-electron chi connectivity index (χ2n) is 10.9. The van der Waals surface area contributed by atoms with Crippen LogP contribution in [0.15, 0.2) is 42.5 Å². The summed E-state index contributed by atoms with van der Waals surface area (Å²) >= 11 is 12.5. The zero-order valence-corrected chi connectivity index (χ0v) is 24.9. The number of hydrogen-bond acceptors (Lipinski definition) is 7. The summed E-state index contributed by atoms with van der Waals surface area (Å²) in [7, 11) is -3.73. The Balaban J connectivity index is 1.53. The number of hydrogen-bond donors (Lipinski definition) is 0. The molecule has 0 N–H and O–H groups in total. The Morgan fingerprint density at radius 1 is 0.973 bits per heavy atom. The van der Waals surface area contributed by atoms with Gasteiger partial charge in [0.05, 0.1) is 30.5 Å². The van der Waals surface area contributed by atoms with E-state index in [0.29, 0.717) is 35.5 Å².